The Balaban J connectivity index is 1.64. The molecular weight excluding hydrogens is 307 g/mol. The van der Waals surface area contributed by atoms with Gasteiger partial charge in [0.2, 0.25) is 5.91 Å². The topological polar surface area (TPSA) is 58.9 Å². The van der Waals surface area contributed by atoms with Crippen molar-refractivity contribution in [1.29, 1.82) is 0 Å². The zero-order chi connectivity index (χ0) is 17.1. The van der Waals surface area contributed by atoms with Crippen LogP contribution in [0.3, 0.4) is 0 Å². The average molecular weight is 324 g/mol. The van der Waals surface area contributed by atoms with E-state index >= 15 is 0 Å². The number of halogens is 1. The Labute approximate surface area is 138 Å². The van der Waals surface area contributed by atoms with Crippen LogP contribution in [0.15, 0.2) is 55.1 Å². The number of hydrazine groups is 1. The lowest BCUT2D eigenvalue weighted by atomic mass is 10.2. The van der Waals surface area contributed by atoms with Crippen LogP contribution in [0.4, 0.5) is 4.39 Å². The number of carbonyl (C=O) groups excluding carboxylic acids is 1. The standard InChI is InChI=1S/C18H17FN4O/c1-12(13-7-3-4-8-14(13)19)21-22-18(24)11-17-20-15-9-5-6-10-16(15)23(17)2/h3-10,21H,1,11H2,2H3,(H,22,24). The Morgan fingerprint density at radius 3 is 2.62 bits per heavy atom. The Morgan fingerprint density at radius 1 is 1.17 bits per heavy atom. The molecule has 0 fully saturated rings. The van der Waals surface area contributed by atoms with Crippen molar-refractivity contribution in [1.82, 2.24) is 20.4 Å². The summed E-state index contributed by atoms with van der Waals surface area (Å²) in [6, 6.07) is 13.9. The molecule has 1 amide bonds. The lowest BCUT2D eigenvalue weighted by Crippen LogP contribution is -2.37. The van der Waals surface area contributed by atoms with E-state index in [0.29, 0.717) is 11.4 Å². The number of carbonyl (C=O) groups is 1. The third kappa shape index (κ3) is 3.12. The quantitative estimate of drug-likeness (QED) is 0.709. The fourth-order valence-electron chi connectivity index (χ4n) is 2.46. The van der Waals surface area contributed by atoms with Gasteiger partial charge in [-0.25, -0.2) is 9.37 Å². The Hall–Kier alpha value is -3.15. The van der Waals surface area contributed by atoms with E-state index in [4.69, 9.17) is 0 Å². The molecule has 122 valence electrons. The highest BCUT2D eigenvalue weighted by molar-refractivity contribution is 5.81. The molecule has 0 atom stereocenters. The number of imidazole rings is 1. The van der Waals surface area contributed by atoms with Gasteiger partial charge in [0.25, 0.3) is 0 Å². The van der Waals surface area contributed by atoms with Crippen LogP contribution in [-0.4, -0.2) is 15.5 Å². The summed E-state index contributed by atoms with van der Waals surface area (Å²) in [5.74, 6) is -0.0440. The van der Waals surface area contributed by atoms with Crippen molar-refractivity contribution in [3.8, 4) is 0 Å². The largest absolute Gasteiger partial charge is 0.331 e. The van der Waals surface area contributed by atoms with Gasteiger partial charge in [0.1, 0.15) is 11.6 Å². The molecule has 0 saturated carbocycles. The summed E-state index contributed by atoms with van der Waals surface area (Å²) in [4.78, 5) is 16.5. The van der Waals surface area contributed by atoms with Crippen LogP contribution in [0.5, 0.6) is 0 Å². The molecule has 5 nitrogen and oxygen atoms in total. The molecule has 0 aliphatic heterocycles. The van der Waals surface area contributed by atoms with Crippen molar-refractivity contribution < 1.29 is 9.18 Å². The lowest BCUT2D eigenvalue weighted by molar-refractivity contribution is -0.121. The van der Waals surface area contributed by atoms with Gasteiger partial charge in [-0.1, -0.05) is 30.8 Å². The Kier molecular flexibility index (Phi) is 4.29. The lowest BCUT2D eigenvalue weighted by Gasteiger charge is -2.11. The minimum Gasteiger partial charge on any atom is -0.331 e. The number of hydrogen-bond donors (Lipinski definition) is 2. The fraction of sp³-hybridized carbons (Fsp3) is 0.111. The molecule has 0 radical (unpaired) electrons. The summed E-state index contributed by atoms with van der Waals surface area (Å²) in [7, 11) is 1.86. The minimum atomic E-state index is -0.403. The van der Waals surface area contributed by atoms with Crippen LogP contribution in [0.1, 0.15) is 11.4 Å². The summed E-state index contributed by atoms with van der Waals surface area (Å²) >= 11 is 0. The molecule has 3 rings (SSSR count). The summed E-state index contributed by atoms with van der Waals surface area (Å²) in [5, 5.41) is 0. The van der Waals surface area contributed by atoms with E-state index < -0.39 is 5.82 Å². The van der Waals surface area contributed by atoms with Gasteiger partial charge >= 0.3 is 0 Å². The molecule has 1 aromatic heterocycles. The number of nitrogens with one attached hydrogen (secondary N) is 2. The van der Waals surface area contributed by atoms with Gasteiger partial charge in [0, 0.05) is 12.6 Å². The maximum Gasteiger partial charge on any atom is 0.245 e. The van der Waals surface area contributed by atoms with Gasteiger partial charge in [-0.05, 0) is 24.3 Å². The van der Waals surface area contributed by atoms with Gasteiger partial charge in [0.15, 0.2) is 0 Å². The van der Waals surface area contributed by atoms with E-state index in [0.717, 1.165) is 11.0 Å². The first-order chi connectivity index (χ1) is 11.6. The normalized spacial score (nSPS) is 10.6. The van der Waals surface area contributed by atoms with Crippen LogP contribution in [0, 0.1) is 5.82 Å². The molecular formula is C18H17FN4O. The number of hydrogen-bond acceptors (Lipinski definition) is 3. The highest BCUT2D eigenvalue weighted by Crippen LogP contribution is 2.15. The van der Waals surface area contributed by atoms with E-state index in [9.17, 15) is 9.18 Å². The highest BCUT2D eigenvalue weighted by atomic mass is 19.1. The van der Waals surface area contributed by atoms with Crippen LogP contribution in [0.25, 0.3) is 16.7 Å². The smallest absolute Gasteiger partial charge is 0.245 e. The van der Waals surface area contributed by atoms with Crippen LogP contribution in [-0.2, 0) is 18.3 Å². The van der Waals surface area contributed by atoms with Gasteiger partial charge in [0.05, 0.1) is 23.2 Å². The zero-order valence-electron chi connectivity index (χ0n) is 13.2. The minimum absolute atomic E-state index is 0.0999. The third-order valence-electron chi connectivity index (χ3n) is 3.75. The zero-order valence-corrected chi connectivity index (χ0v) is 13.2. The molecule has 0 aliphatic rings. The average Bonchev–Trinajstić information content (AvgIpc) is 2.89. The Bertz CT molecular complexity index is 916. The Morgan fingerprint density at radius 2 is 1.88 bits per heavy atom. The van der Waals surface area contributed by atoms with Crippen molar-refractivity contribution in [2.75, 3.05) is 0 Å². The highest BCUT2D eigenvalue weighted by Gasteiger charge is 2.12. The molecule has 0 bridgehead atoms. The van der Waals surface area contributed by atoms with E-state index in [1.807, 2.05) is 35.9 Å². The van der Waals surface area contributed by atoms with Crippen molar-refractivity contribution in [3.05, 3.63) is 72.3 Å². The molecule has 2 aromatic carbocycles. The number of amides is 1. The maximum atomic E-state index is 13.7. The van der Waals surface area contributed by atoms with Crippen LogP contribution < -0.4 is 10.9 Å². The SMILES string of the molecule is C=C(NNC(=O)Cc1nc2ccccc2n1C)c1ccccc1F. The molecule has 0 spiro atoms. The van der Waals surface area contributed by atoms with Crippen molar-refractivity contribution in [2.24, 2.45) is 7.05 Å². The number of aryl methyl sites for hydroxylation is 1. The van der Waals surface area contributed by atoms with E-state index in [-0.39, 0.29) is 18.0 Å². The number of benzene rings is 2. The van der Waals surface area contributed by atoms with Crippen LogP contribution >= 0.6 is 0 Å². The van der Waals surface area contributed by atoms with E-state index in [1.165, 1.54) is 6.07 Å². The third-order valence-corrected chi connectivity index (χ3v) is 3.75. The van der Waals surface area contributed by atoms with E-state index in [2.05, 4.69) is 22.4 Å². The molecule has 0 unspecified atom stereocenters. The maximum absolute atomic E-state index is 13.7. The molecule has 3 aromatic rings. The predicted octanol–water partition coefficient (Wildman–Crippen LogP) is 2.55. The second-order valence-electron chi connectivity index (χ2n) is 5.38. The van der Waals surface area contributed by atoms with E-state index in [1.54, 1.807) is 18.2 Å². The predicted molar refractivity (Wildman–Crippen MR) is 91.1 cm³/mol. The molecule has 1 heterocycles. The van der Waals surface area contributed by atoms with Gasteiger partial charge in [-0.15, -0.1) is 0 Å². The molecule has 0 saturated heterocycles. The van der Waals surface area contributed by atoms with Crippen molar-refractivity contribution in [2.45, 2.75) is 6.42 Å². The van der Waals surface area contributed by atoms with Gasteiger partial charge < -0.3 is 4.57 Å². The monoisotopic (exact) mass is 324 g/mol. The van der Waals surface area contributed by atoms with Crippen molar-refractivity contribution in [3.63, 3.8) is 0 Å². The number of fused-ring (bicyclic) bond motifs is 1. The first-order valence-corrected chi connectivity index (χ1v) is 7.45. The number of rotatable bonds is 5. The molecule has 0 aliphatic carbocycles. The second-order valence-corrected chi connectivity index (χ2v) is 5.38. The molecule has 24 heavy (non-hydrogen) atoms. The number of para-hydroxylation sites is 2. The summed E-state index contributed by atoms with van der Waals surface area (Å²) < 4.78 is 15.5. The molecule has 6 heteroatoms. The summed E-state index contributed by atoms with van der Waals surface area (Å²) in [5.41, 5.74) is 7.55. The first kappa shape index (κ1) is 15.7. The number of aromatic nitrogens is 2. The van der Waals surface area contributed by atoms with Crippen LogP contribution in [0.2, 0.25) is 0 Å². The number of nitrogens with zero attached hydrogens (tertiary/aromatic N) is 2. The summed E-state index contributed by atoms with van der Waals surface area (Å²) in [6.07, 6.45) is 0.0999. The van der Waals surface area contributed by atoms with Gasteiger partial charge in [-0.3, -0.25) is 15.6 Å². The second kappa shape index (κ2) is 6.54. The van der Waals surface area contributed by atoms with Gasteiger partial charge in [-0.2, -0.15) is 0 Å². The van der Waals surface area contributed by atoms with Crippen molar-refractivity contribution >= 4 is 22.6 Å². The summed E-state index contributed by atoms with van der Waals surface area (Å²) in [6.45, 7) is 3.73. The molecule has 2 N–H and O–H groups in total. The first-order valence-electron chi connectivity index (χ1n) is 7.45. The fourth-order valence-corrected chi connectivity index (χ4v) is 2.46.